The van der Waals surface area contributed by atoms with E-state index in [1.165, 1.54) is 55.8 Å². The molecule has 0 aliphatic carbocycles. The predicted molar refractivity (Wildman–Crippen MR) is 118 cm³/mol. The van der Waals surface area contributed by atoms with Gasteiger partial charge in [0.05, 0.1) is 5.69 Å². The standard InChI is InChI=1S/C22H18F2N4O4S/c1-28(32-33(30)31)18-6-5-14-11-20(27-19(14)13-18)21(29)26-17-4-2-3-16(12-17)22(23,24)15-7-9-25-10-8-15/h2-13,27H,1H3,(H,26,29)(H,30,31)/p-1. The first-order valence-electron chi connectivity index (χ1n) is 9.58. The molecular formula is C22H17F2N4O4S-. The number of amides is 1. The zero-order valence-corrected chi connectivity index (χ0v) is 17.9. The molecule has 11 heteroatoms. The fourth-order valence-electron chi connectivity index (χ4n) is 3.29. The van der Waals surface area contributed by atoms with E-state index in [1.54, 1.807) is 24.3 Å². The summed E-state index contributed by atoms with van der Waals surface area (Å²) in [4.78, 5) is 19.4. The first-order chi connectivity index (χ1) is 15.7. The lowest BCUT2D eigenvalue weighted by atomic mass is 10.0. The predicted octanol–water partition coefficient (Wildman–Crippen LogP) is 4.12. The van der Waals surface area contributed by atoms with E-state index in [0.717, 1.165) is 5.06 Å². The molecule has 1 unspecified atom stereocenters. The Balaban J connectivity index is 1.55. The SMILES string of the molecule is CN(OS(=O)[O-])c1ccc2cc(C(=O)Nc3cccc(C(F)(F)c4ccncc4)c3)[nH]c2c1. The minimum Gasteiger partial charge on any atom is -0.748 e. The van der Waals surface area contributed by atoms with Crippen LogP contribution in [0, 0.1) is 0 Å². The third-order valence-corrected chi connectivity index (χ3v) is 5.26. The normalized spacial score (nSPS) is 12.5. The van der Waals surface area contributed by atoms with Crippen molar-refractivity contribution >= 4 is 39.5 Å². The molecule has 0 bridgehead atoms. The second-order valence-electron chi connectivity index (χ2n) is 7.08. The second kappa shape index (κ2) is 9.06. The number of fused-ring (bicyclic) bond motifs is 1. The molecule has 4 aromatic rings. The number of alkyl halides is 2. The Bertz CT molecular complexity index is 1330. The largest absolute Gasteiger partial charge is 0.748 e. The summed E-state index contributed by atoms with van der Waals surface area (Å²) < 4.78 is 55.7. The molecule has 4 rings (SSSR count). The molecule has 2 aromatic heterocycles. The van der Waals surface area contributed by atoms with Gasteiger partial charge in [0.15, 0.2) is 0 Å². The molecule has 0 aliphatic heterocycles. The quantitative estimate of drug-likeness (QED) is 0.310. The monoisotopic (exact) mass is 471 g/mol. The highest BCUT2D eigenvalue weighted by Crippen LogP contribution is 2.36. The molecule has 0 saturated carbocycles. The lowest BCUT2D eigenvalue weighted by Crippen LogP contribution is -2.18. The number of hydrogen-bond donors (Lipinski definition) is 2. The summed E-state index contributed by atoms with van der Waals surface area (Å²) >= 11 is -2.73. The van der Waals surface area contributed by atoms with E-state index in [9.17, 15) is 22.3 Å². The molecule has 0 spiro atoms. The van der Waals surface area contributed by atoms with Crippen LogP contribution >= 0.6 is 0 Å². The van der Waals surface area contributed by atoms with Gasteiger partial charge in [-0.2, -0.15) is 13.1 Å². The van der Waals surface area contributed by atoms with E-state index >= 15 is 0 Å². The van der Waals surface area contributed by atoms with Crippen molar-refractivity contribution in [2.45, 2.75) is 5.92 Å². The van der Waals surface area contributed by atoms with Crippen LogP contribution in [0.1, 0.15) is 21.6 Å². The molecule has 1 atom stereocenters. The molecule has 33 heavy (non-hydrogen) atoms. The van der Waals surface area contributed by atoms with Crippen LogP contribution in [0.2, 0.25) is 0 Å². The summed E-state index contributed by atoms with van der Waals surface area (Å²) in [6.45, 7) is 0. The van der Waals surface area contributed by atoms with Crippen molar-refractivity contribution in [3.8, 4) is 0 Å². The van der Waals surface area contributed by atoms with E-state index in [2.05, 4.69) is 19.6 Å². The average molecular weight is 471 g/mol. The van der Waals surface area contributed by atoms with E-state index in [1.807, 2.05) is 0 Å². The Morgan fingerprint density at radius 1 is 1.12 bits per heavy atom. The summed E-state index contributed by atoms with van der Waals surface area (Å²) in [5.41, 5.74) is 0.920. The Kier molecular flexibility index (Phi) is 6.18. The van der Waals surface area contributed by atoms with Crippen LogP contribution in [0.15, 0.2) is 73.1 Å². The maximum Gasteiger partial charge on any atom is 0.298 e. The number of rotatable bonds is 7. The topological polar surface area (TPSA) is 110 Å². The van der Waals surface area contributed by atoms with Gasteiger partial charge in [-0.3, -0.25) is 9.78 Å². The highest BCUT2D eigenvalue weighted by Gasteiger charge is 2.34. The summed E-state index contributed by atoms with van der Waals surface area (Å²) in [6, 6.07) is 14.4. The second-order valence-corrected chi connectivity index (χ2v) is 7.63. The Hall–Kier alpha value is -3.67. The Morgan fingerprint density at radius 3 is 2.61 bits per heavy atom. The van der Waals surface area contributed by atoms with Gasteiger partial charge >= 0.3 is 0 Å². The van der Waals surface area contributed by atoms with Crippen molar-refractivity contribution < 1.29 is 26.6 Å². The summed E-state index contributed by atoms with van der Waals surface area (Å²) in [6.07, 6.45) is 2.58. The van der Waals surface area contributed by atoms with Gasteiger partial charge in [0, 0.05) is 47.2 Å². The number of halogens is 2. The highest BCUT2D eigenvalue weighted by atomic mass is 32.2. The van der Waals surface area contributed by atoms with Crippen LogP contribution in [-0.4, -0.2) is 31.7 Å². The zero-order chi connectivity index (χ0) is 23.6. The van der Waals surface area contributed by atoms with Gasteiger partial charge in [-0.1, -0.05) is 18.2 Å². The number of carbonyl (C=O) groups is 1. The highest BCUT2D eigenvalue weighted by molar-refractivity contribution is 7.74. The number of pyridine rings is 1. The third-order valence-electron chi connectivity index (χ3n) is 4.91. The Morgan fingerprint density at radius 2 is 1.88 bits per heavy atom. The number of anilines is 2. The fourth-order valence-corrected chi connectivity index (χ4v) is 3.55. The Labute approximate surface area is 189 Å². The van der Waals surface area contributed by atoms with Crippen molar-refractivity contribution in [2.24, 2.45) is 0 Å². The van der Waals surface area contributed by atoms with Gasteiger partial charge in [0.2, 0.25) is 0 Å². The number of aromatic amines is 1. The third kappa shape index (κ3) is 4.90. The number of nitrogens with one attached hydrogen (secondary N) is 2. The molecular weight excluding hydrogens is 454 g/mol. The fraction of sp³-hybridized carbons (Fsp3) is 0.0909. The minimum atomic E-state index is -3.26. The first kappa shape index (κ1) is 22.5. The van der Waals surface area contributed by atoms with Gasteiger partial charge in [0.1, 0.15) is 17.1 Å². The van der Waals surface area contributed by atoms with Crippen LogP contribution in [0.4, 0.5) is 20.2 Å². The van der Waals surface area contributed by atoms with Gasteiger partial charge in [-0.05, 0) is 42.5 Å². The molecule has 0 fully saturated rings. The minimum absolute atomic E-state index is 0.199. The number of carbonyl (C=O) groups excluding carboxylic acids is 1. The first-order valence-corrected chi connectivity index (χ1v) is 10.6. The smallest absolute Gasteiger partial charge is 0.298 e. The van der Waals surface area contributed by atoms with Crippen molar-refractivity contribution in [1.82, 2.24) is 9.97 Å². The summed E-state index contributed by atoms with van der Waals surface area (Å²) in [7, 11) is 1.42. The molecule has 0 radical (unpaired) electrons. The van der Waals surface area contributed by atoms with E-state index < -0.39 is 23.2 Å². The molecule has 2 heterocycles. The number of hydrogen-bond acceptors (Lipinski definition) is 6. The molecule has 1 amide bonds. The van der Waals surface area contributed by atoms with Crippen molar-refractivity contribution in [3.05, 3.63) is 89.9 Å². The molecule has 170 valence electrons. The van der Waals surface area contributed by atoms with E-state index in [0.29, 0.717) is 16.6 Å². The molecule has 0 saturated heterocycles. The van der Waals surface area contributed by atoms with E-state index in [4.69, 9.17) is 0 Å². The van der Waals surface area contributed by atoms with Crippen LogP contribution in [0.25, 0.3) is 10.9 Å². The number of benzene rings is 2. The lowest BCUT2D eigenvalue weighted by Gasteiger charge is -2.18. The number of H-pyrrole nitrogens is 1. The number of aromatic nitrogens is 2. The van der Waals surface area contributed by atoms with Crippen LogP contribution < -0.4 is 10.4 Å². The van der Waals surface area contributed by atoms with Crippen LogP contribution in [0.5, 0.6) is 0 Å². The van der Waals surface area contributed by atoms with Crippen LogP contribution in [0.3, 0.4) is 0 Å². The van der Waals surface area contributed by atoms with Gasteiger partial charge in [-0.15, -0.1) is 0 Å². The molecule has 2 aromatic carbocycles. The number of nitrogens with zero attached hydrogens (tertiary/aromatic N) is 2. The van der Waals surface area contributed by atoms with Crippen molar-refractivity contribution in [2.75, 3.05) is 17.4 Å². The number of hydroxylamine groups is 1. The zero-order valence-electron chi connectivity index (χ0n) is 17.1. The maximum absolute atomic E-state index is 14.9. The van der Waals surface area contributed by atoms with Crippen molar-refractivity contribution in [3.63, 3.8) is 0 Å². The van der Waals surface area contributed by atoms with Gasteiger partial charge in [-0.25, -0.2) is 9.27 Å². The molecule has 8 nitrogen and oxygen atoms in total. The van der Waals surface area contributed by atoms with Crippen molar-refractivity contribution in [1.29, 1.82) is 0 Å². The summed E-state index contributed by atoms with van der Waals surface area (Å²) in [5.74, 6) is -3.79. The van der Waals surface area contributed by atoms with Crippen LogP contribution in [-0.2, 0) is 21.6 Å². The summed E-state index contributed by atoms with van der Waals surface area (Å²) in [5, 5.41) is 4.36. The van der Waals surface area contributed by atoms with Gasteiger partial charge in [0.25, 0.3) is 11.8 Å². The molecule has 0 aliphatic rings. The lowest BCUT2D eigenvalue weighted by molar-refractivity contribution is 0.0428. The average Bonchev–Trinajstić information content (AvgIpc) is 3.23. The van der Waals surface area contributed by atoms with E-state index in [-0.39, 0.29) is 22.5 Å². The van der Waals surface area contributed by atoms with Gasteiger partial charge < -0.3 is 14.9 Å². The maximum atomic E-state index is 14.9. The molecule has 2 N–H and O–H groups in total.